The Bertz CT molecular complexity index is 927. The van der Waals surface area contributed by atoms with Crippen LogP contribution in [0.25, 0.3) is 0 Å². The first-order valence-electron chi connectivity index (χ1n) is 9.83. The van der Waals surface area contributed by atoms with Crippen molar-refractivity contribution in [2.24, 2.45) is 5.92 Å². The lowest BCUT2D eigenvalue weighted by Crippen LogP contribution is -2.48. The van der Waals surface area contributed by atoms with Crippen LogP contribution in [0.3, 0.4) is 0 Å². The summed E-state index contributed by atoms with van der Waals surface area (Å²) < 4.78 is 46.5. The van der Waals surface area contributed by atoms with Crippen LogP contribution in [-0.4, -0.2) is 42.7 Å². The number of hydrogen-bond acceptors (Lipinski definition) is 4. The zero-order valence-corrected chi connectivity index (χ0v) is 16.2. The zero-order valence-electron chi connectivity index (χ0n) is 16.2. The average molecular weight is 422 g/mol. The first-order valence-corrected chi connectivity index (χ1v) is 9.83. The fraction of sp³-hybridized carbons (Fsp3) is 0.429. The molecule has 2 amide bonds. The Balaban J connectivity index is 1.49. The van der Waals surface area contributed by atoms with Crippen LogP contribution in [0.4, 0.5) is 18.9 Å². The van der Waals surface area contributed by atoms with E-state index in [1.165, 1.54) is 30.7 Å². The Kier molecular flexibility index (Phi) is 5.44. The normalized spacial score (nSPS) is 19.4. The molecule has 0 unspecified atom stereocenters. The maximum absolute atomic E-state index is 13.2. The van der Waals surface area contributed by atoms with E-state index in [0.717, 1.165) is 0 Å². The summed E-state index contributed by atoms with van der Waals surface area (Å²) >= 11 is 0. The zero-order chi connectivity index (χ0) is 21.3. The molecule has 2 aromatic rings. The number of carbonyl (C=O) groups excluding carboxylic acids is 2. The highest BCUT2D eigenvalue weighted by atomic mass is 19.4. The quantitative estimate of drug-likeness (QED) is 0.750. The molecular weight excluding hydrogens is 401 g/mol. The van der Waals surface area contributed by atoms with Gasteiger partial charge in [-0.05, 0) is 55.5 Å². The third-order valence-electron chi connectivity index (χ3n) is 5.50. The van der Waals surface area contributed by atoms with Gasteiger partial charge in [-0.1, -0.05) is 0 Å². The Labute approximate surface area is 171 Å². The summed E-state index contributed by atoms with van der Waals surface area (Å²) in [5.74, 6) is -0.920. The number of alkyl halides is 3. The average Bonchev–Trinajstić information content (AvgIpc) is 3.26. The van der Waals surface area contributed by atoms with Gasteiger partial charge in [-0.2, -0.15) is 0 Å². The number of likely N-dealkylation sites (tertiary alicyclic amines) is 1. The van der Waals surface area contributed by atoms with Crippen LogP contribution in [0, 0.1) is 5.92 Å². The molecule has 4 rings (SSSR count). The summed E-state index contributed by atoms with van der Waals surface area (Å²) in [5, 5.41) is 0. The number of benzene rings is 1. The highest BCUT2D eigenvalue weighted by Crippen LogP contribution is 2.34. The molecule has 0 aliphatic carbocycles. The number of furan rings is 1. The molecule has 0 spiro atoms. The predicted octanol–water partition coefficient (Wildman–Crippen LogP) is 4.01. The van der Waals surface area contributed by atoms with Gasteiger partial charge in [0.2, 0.25) is 5.91 Å². The number of piperidine rings is 1. The molecule has 1 aromatic heterocycles. The van der Waals surface area contributed by atoms with E-state index in [1.54, 1.807) is 15.9 Å². The van der Waals surface area contributed by atoms with Gasteiger partial charge >= 0.3 is 6.36 Å². The van der Waals surface area contributed by atoms with Gasteiger partial charge in [0, 0.05) is 25.3 Å². The Morgan fingerprint density at radius 2 is 1.97 bits per heavy atom. The van der Waals surface area contributed by atoms with Gasteiger partial charge in [0.1, 0.15) is 12.0 Å². The molecule has 6 nitrogen and oxygen atoms in total. The van der Waals surface area contributed by atoms with Crippen molar-refractivity contribution in [3.8, 4) is 5.75 Å². The number of aryl methyl sites for hydroxylation is 1. The topological polar surface area (TPSA) is 63.0 Å². The number of rotatable bonds is 3. The molecule has 1 aromatic carbocycles. The highest BCUT2D eigenvalue weighted by Gasteiger charge is 2.35. The van der Waals surface area contributed by atoms with Crippen LogP contribution >= 0.6 is 0 Å². The lowest BCUT2D eigenvalue weighted by atomic mass is 9.93. The van der Waals surface area contributed by atoms with E-state index in [0.29, 0.717) is 62.1 Å². The predicted molar refractivity (Wildman–Crippen MR) is 101 cm³/mol. The van der Waals surface area contributed by atoms with Crippen molar-refractivity contribution in [1.82, 2.24) is 4.90 Å². The minimum Gasteiger partial charge on any atom is -0.472 e. The highest BCUT2D eigenvalue weighted by molar-refractivity contribution is 5.98. The summed E-state index contributed by atoms with van der Waals surface area (Å²) in [6, 6.07) is 5.67. The lowest BCUT2D eigenvalue weighted by molar-refractivity contribution is -0.274. The van der Waals surface area contributed by atoms with Crippen LogP contribution in [-0.2, 0) is 11.2 Å². The molecule has 2 aliphatic heterocycles. The molecular formula is C21H21F3N2O4. The second kappa shape index (κ2) is 8.04. The minimum atomic E-state index is -4.76. The first kappa shape index (κ1) is 20.3. The number of ether oxygens (including phenoxy) is 1. The van der Waals surface area contributed by atoms with Gasteiger partial charge in [-0.3, -0.25) is 9.59 Å². The molecule has 1 fully saturated rings. The van der Waals surface area contributed by atoms with Gasteiger partial charge in [0.15, 0.2) is 0 Å². The largest absolute Gasteiger partial charge is 0.573 e. The standard InChI is InChI=1S/C21H21F3N2O4/c22-21(23,24)30-17-5-6-18-14(11-17)3-2-9-26(18)20(28)15-4-1-8-25(12-15)19(27)16-7-10-29-13-16/h5-7,10-11,13,15H,1-4,8-9,12H2/t15-/m1/s1. The van der Waals surface area contributed by atoms with E-state index in [-0.39, 0.29) is 23.5 Å². The molecule has 160 valence electrons. The Morgan fingerprint density at radius 3 is 2.70 bits per heavy atom. The van der Waals surface area contributed by atoms with Crippen molar-refractivity contribution in [2.45, 2.75) is 32.0 Å². The molecule has 0 saturated carbocycles. The van der Waals surface area contributed by atoms with E-state index in [1.807, 2.05) is 0 Å². The molecule has 0 bridgehead atoms. The van der Waals surface area contributed by atoms with Crippen molar-refractivity contribution < 1.29 is 31.9 Å². The van der Waals surface area contributed by atoms with Gasteiger partial charge in [-0.25, -0.2) is 0 Å². The molecule has 3 heterocycles. The van der Waals surface area contributed by atoms with Gasteiger partial charge in [0.05, 0.1) is 17.7 Å². The maximum Gasteiger partial charge on any atom is 0.573 e. The Morgan fingerprint density at radius 1 is 1.13 bits per heavy atom. The fourth-order valence-electron chi connectivity index (χ4n) is 4.15. The van der Waals surface area contributed by atoms with Crippen molar-refractivity contribution in [3.05, 3.63) is 47.9 Å². The van der Waals surface area contributed by atoms with Gasteiger partial charge in [0.25, 0.3) is 5.91 Å². The SMILES string of the molecule is O=C(c1ccoc1)N1CCC[C@@H](C(=O)N2CCCc3cc(OC(F)(F)F)ccc32)C1. The summed E-state index contributed by atoms with van der Waals surface area (Å²) in [5.41, 5.74) is 1.71. The lowest BCUT2D eigenvalue weighted by Gasteiger charge is -2.37. The summed E-state index contributed by atoms with van der Waals surface area (Å²) in [6.07, 6.45) is 0.651. The molecule has 9 heteroatoms. The van der Waals surface area contributed by atoms with E-state index >= 15 is 0 Å². The minimum absolute atomic E-state index is 0.106. The number of nitrogens with zero attached hydrogens (tertiary/aromatic N) is 2. The van der Waals surface area contributed by atoms with Gasteiger partial charge < -0.3 is 19.0 Å². The van der Waals surface area contributed by atoms with E-state index in [4.69, 9.17) is 4.42 Å². The molecule has 0 radical (unpaired) electrons. The number of halogens is 3. The summed E-state index contributed by atoms with van der Waals surface area (Å²) in [6.45, 7) is 1.38. The second-order valence-electron chi connectivity index (χ2n) is 7.53. The number of hydrogen-bond donors (Lipinski definition) is 0. The smallest absolute Gasteiger partial charge is 0.472 e. The number of amides is 2. The van der Waals surface area contributed by atoms with E-state index in [2.05, 4.69) is 4.74 Å². The van der Waals surface area contributed by atoms with Crippen molar-refractivity contribution >= 4 is 17.5 Å². The number of carbonyl (C=O) groups is 2. The fourth-order valence-corrected chi connectivity index (χ4v) is 4.15. The second-order valence-corrected chi connectivity index (χ2v) is 7.53. The monoisotopic (exact) mass is 422 g/mol. The van der Waals surface area contributed by atoms with Gasteiger partial charge in [-0.15, -0.1) is 13.2 Å². The molecule has 2 aliphatic rings. The number of anilines is 1. The third kappa shape index (κ3) is 4.29. The van der Waals surface area contributed by atoms with Crippen LogP contribution in [0.5, 0.6) is 5.75 Å². The van der Waals surface area contributed by atoms with E-state index < -0.39 is 6.36 Å². The molecule has 30 heavy (non-hydrogen) atoms. The number of fused-ring (bicyclic) bond motifs is 1. The van der Waals surface area contributed by atoms with E-state index in [9.17, 15) is 22.8 Å². The third-order valence-corrected chi connectivity index (χ3v) is 5.50. The summed E-state index contributed by atoms with van der Waals surface area (Å²) in [4.78, 5) is 29.1. The van der Waals surface area contributed by atoms with Crippen molar-refractivity contribution in [1.29, 1.82) is 0 Å². The van der Waals surface area contributed by atoms with Crippen LogP contribution in [0.2, 0.25) is 0 Å². The van der Waals surface area contributed by atoms with Crippen LogP contribution in [0.1, 0.15) is 35.2 Å². The van der Waals surface area contributed by atoms with Crippen LogP contribution in [0.15, 0.2) is 41.2 Å². The maximum atomic E-state index is 13.2. The Hall–Kier alpha value is -2.97. The summed E-state index contributed by atoms with van der Waals surface area (Å²) in [7, 11) is 0. The molecule has 1 saturated heterocycles. The van der Waals surface area contributed by atoms with Crippen LogP contribution < -0.4 is 9.64 Å². The first-order chi connectivity index (χ1) is 14.3. The molecule has 0 N–H and O–H groups in total. The van der Waals surface area contributed by atoms with Crippen molar-refractivity contribution in [3.63, 3.8) is 0 Å². The van der Waals surface area contributed by atoms with Crippen molar-refractivity contribution in [2.75, 3.05) is 24.5 Å². The molecule has 1 atom stereocenters.